The molecule has 2 rings (SSSR count). The van der Waals surface area contributed by atoms with Crippen LogP contribution in [0.25, 0.3) is 0 Å². The van der Waals surface area contributed by atoms with Gasteiger partial charge >= 0.3 is 0 Å². The summed E-state index contributed by atoms with van der Waals surface area (Å²) >= 11 is 0. The lowest BCUT2D eigenvalue weighted by Crippen LogP contribution is -2.40. The van der Waals surface area contributed by atoms with Crippen molar-refractivity contribution in [3.05, 3.63) is 23.8 Å². The SMILES string of the molecule is Cc1cc(NC(=O)[C@@H]2CCC(=O)NC2)ccc1N(C)C. The third-order valence-corrected chi connectivity index (χ3v) is 3.58. The summed E-state index contributed by atoms with van der Waals surface area (Å²) in [5.41, 5.74) is 3.05. The molecule has 2 N–H and O–H groups in total. The van der Waals surface area contributed by atoms with E-state index in [0.29, 0.717) is 19.4 Å². The molecule has 0 unspecified atom stereocenters. The van der Waals surface area contributed by atoms with E-state index in [1.807, 2.05) is 44.1 Å². The summed E-state index contributed by atoms with van der Waals surface area (Å²) in [6.45, 7) is 2.45. The lowest BCUT2D eigenvalue weighted by Gasteiger charge is -2.22. The molecule has 0 spiro atoms. The molecule has 1 aromatic rings. The number of nitrogens with one attached hydrogen (secondary N) is 2. The first-order chi connectivity index (χ1) is 9.47. The minimum absolute atomic E-state index is 0.0259. The lowest BCUT2D eigenvalue weighted by molar-refractivity contribution is -0.126. The van der Waals surface area contributed by atoms with Crippen molar-refractivity contribution in [3.63, 3.8) is 0 Å². The fourth-order valence-corrected chi connectivity index (χ4v) is 2.44. The van der Waals surface area contributed by atoms with Crippen molar-refractivity contribution < 1.29 is 9.59 Å². The Morgan fingerprint density at radius 1 is 1.40 bits per heavy atom. The average Bonchev–Trinajstić information content (AvgIpc) is 2.39. The van der Waals surface area contributed by atoms with E-state index in [1.54, 1.807) is 0 Å². The fraction of sp³-hybridized carbons (Fsp3) is 0.467. The van der Waals surface area contributed by atoms with Gasteiger partial charge < -0.3 is 15.5 Å². The molecule has 1 heterocycles. The quantitative estimate of drug-likeness (QED) is 0.879. The smallest absolute Gasteiger partial charge is 0.229 e. The highest BCUT2D eigenvalue weighted by molar-refractivity contribution is 5.94. The molecule has 1 atom stereocenters. The van der Waals surface area contributed by atoms with Gasteiger partial charge in [0.2, 0.25) is 11.8 Å². The zero-order valence-electron chi connectivity index (χ0n) is 12.2. The number of hydrogen-bond donors (Lipinski definition) is 2. The summed E-state index contributed by atoms with van der Waals surface area (Å²) in [5, 5.41) is 5.65. The number of nitrogens with zero attached hydrogens (tertiary/aromatic N) is 1. The summed E-state index contributed by atoms with van der Waals surface area (Å²) in [6.07, 6.45) is 1.04. The second kappa shape index (κ2) is 5.94. The molecular weight excluding hydrogens is 254 g/mol. The summed E-state index contributed by atoms with van der Waals surface area (Å²) in [6, 6.07) is 5.86. The van der Waals surface area contributed by atoms with E-state index < -0.39 is 0 Å². The van der Waals surface area contributed by atoms with Gasteiger partial charge in [0.15, 0.2) is 0 Å². The third-order valence-electron chi connectivity index (χ3n) is 3.58. The molecule has 108 valence electrons. The molecule has 5 nitrogen and oxygen atoms in total. The second-order valence-electron chi connectivity index (χ2n) is 5.42. The van der Waals surface area contributed by atoms with Crippen LogP contribution in [0.15, 0.2) is 18.2 Å². The van der Waals surface area contributed by atoms with Gasteiger partial charge in [-0.1, -0.05) is 0 Å². The Balaban J connectivity index is 2.01. The molecule has 0 aliphatic carbocycles. The van der Waals surface area contributed by atoms with E-state index in [1.165, 1.54) is 0 Å². The van der Waals surface area contributed by atoms with Gasteiger partial charge in [0.25, 0.3) is 0 Å². The summed E-state index contributed by atoms with van der Waals surface area (Å²) in [4.78, 5) is 25.3. The number of hydrogen-bond acceptors (Lipinski definition) is 3. The van der Waals surface area contributed by atoms with Crippen molar-refractivity contribution in [1.29, 1.82) is 0 Å². The standard InChI is InChI=1S/C15H21N3O2/c1-10-8-12(5-6-13(10)18(2)3)17-15(20)11-4-7-14(19)16-9-11/h5-6,8,11H,4,7,9H2,1-3H3,(H,16,19)(H,17,20)/t11-/m1/s1. The van der Waals surface area contributed by atoms with Crippen LogP contribution >= 0.6 is 0 Å². The number of carbonyl (C=O) groups excluding carboxylic acids is 2. The molecule has 1 saturated heterocycles. The van der Waals surface area contributed by atoms with Crippen LogP contribution in [0.4, 0.5) is 11.4 Å². The van der Waals surface area contributed by atoms with Gasteiger partial charge in [-0.2, -0.15) is 0 Å². The Bertz CT molecular complexity index is 516. The molecule has 2 amide bonds. The molecule has 1 fully saturated rings. The van der Waals surface area contributed by atoms with Crippen molar-refractivity contribution in [2.45, 2.75) is 19.8 Å². The van der Waals surface area contributed by atoms with Crippen molar-refractivity contribution in [3.8, 4) is 0 Å². The van der Waals surface area contributed by atoms with E-state index in [-0.39, 0.29) is 17.7 Å². The van der Waals surface area contributed by atoms with E-state index in [0.717, 1.165) is 16.9 Å². The molecule has 1 aliphatic rings. The summed E-state index contributed by atoms with van der Waals surface area (Å²) in [5.74, 6) is -0.135. The highest BCUT2D eigenvalue weighted by Crippen LogP contribution is 2.22. The van der Waals surface area contributed by atoms with Crippen LogP contribution in [0.3, 0.4) is 0 Å². The zero-order valence-corrected chi connectivity index (χ0v) is 12.2. The van der Waals surface area contributed by atoms with E-state index in [4.69, 9.17) is 0 Å². The predicted octanol–water partition coefficient (Wildman–Crippen LogP) is 1.53. The number of benzene rings is 1. The minimum atomic E-state index is -0.137. The van der Waals surface area contributed by atoms with E-state index in [2.05, 4.69) is 10.6 Å². The molecule has 1 aromatic carbocycles. The van der Waals surface area contributed by atoms with Crippen molar-refractivity contribution >= 4 is 23.2 Å². The molecule has 0 radical (unpaired) electrons. The Labute approximate surface area is 119 Å². The second-order valence-corrected chi connectivity index (χ2v) is 5.42. The van der Waals surface area contributed by atoms with Crippen LogP contribution in [-0.4, -0.2) is 32.5 Å². The van der Waals surface area contributed by atoms with Crippen LogP contribution in [0, 0.1) is 12.8 Å². The molecule has 1 aliphatic heterocycles. The van der Waals surface area contributed by atoms with Gasteiger partial charge in [-0.05, 0) is 37.1 Å². The number of amides is 2. The van der Waals surface area contributed by atoms with Gasteiger partial charge in [0.1, 0.15) is 0 Å². The van der Waals surface area contributed by atoms with Gasteiger partial charge in [0, 0.05) is 38.4 Å². The zero-order chi connectivity index (χ0) is 14.7. The normalized spacial score (nSPS) is 18.4. The van der Waals surface area contributed by atoms with Crippen LogP contribution in [-0.2, 0) is 9.59 Å². The highest BCUT2D eigenvalue weighted by atomic mass is 16.2. The highest BCUT2D eigenvalue weighted by Gasteiger charge is 2.24. The first-order valence-electron chi connectivity index (χ1n) is 6.83. The topological polar surface area (TPSA) is 61.4 Å². The van der Waals surface area contributed by atoms with Crippen molar-refractivity contribution in [1.82, 2.24) is 5.32 Å². The Morgan fingerprint density at radius 3 is 2.70 bits per heavy atom. The number of aryl methyl sites for hydroxylation is 1. The van der Waals surface area contributed by atoms with E-state index in [9.17, 15) is 9.59 Å². The first-order valence-corrected chi connectivity index (χ1v) is 6.83. The molecule has 0 saturated carbocycles. The Kier molecular flexibility index (Phi) is 4.27. The maximum absolute atomic E-state index is 12.1. The molecule has 0 bridgehead atoms. The molecule has 5 heteroatoms. The van der Waals surface area contributed by atoms with Gasteiger partial charge in [-0.25, -0.2) is 0 Å². The lowest BCUT2D eigenvalue weighted by atomic mass is 9.98. The minimum Gasteiger partial charge on any atom is -0.377 e. The van der Waals surface area contributed by atoms with Crippen LogP contribution in [0.2, 0.25) is 0 Å². The van der Waals surface area contributed by atoms with E-state index >= 15 is 0 Å². The maximum atomic E-state index is 12.1. The Morgan fingerprint density at radius 2 is 2.15 bits per heavy atom. The maximum Gasteiger partial charge on any atom is 0.229 e. The number of carbonyl (C=O) groups is 2. The summed E-state index contributed by atoms with van der Waals surface area (Å²) < 4.78 is 0. The molecule has 20 heavy (non-hydrogen) atoms. The fourth-order valence-electron chi connectivity index (χ4n) is 2.44. The average molecular weight is 275 g/mol. The molecule has 0 aromatic heterocycles. The summed E-state index contributed by atoms with van der Waals surface area (Å²) in [7, 11) is 3.98. The third kappa shape index (κ3) is 3.29. The largest absolute Gasteiger partial charge is 0.377 e. The Hall–Kier alpha value is -2.04. The van der Waals surface area contributed by atoms with Gasteiger partial charge in [0.05, 0.1) is 5.92 Å². The van der Waals surface area contributed by atoms with Crippen LogP contribution in [0.5, 0.6) is 0 Å². The van der Waals surface area contributed by atoms with Crippen molar-refractivity contribution in [2.24, 2.45) is 5.92 Å². The van der Waals surface area contributed by atoms with Crippen LogP contribution < -0.4 is 15.5 Å². The predicted molar refractivity (Wildman–Crippen MR) is 79.9 cm³/mol. The molecular formula is C15H21N3O2. The number of anilines is 2. The first kappa shape index (κ1) is 14.4. The van der Waals surface area contributed by atoms with Crippen molar-refractivity contribution in [2.75, 3.05) is 30.9 Å². The monoisotopic (exact) mass is 275 g/mol. The van der Waals surface area contributed by atoms with Crippen LogP contribution in [0.1, 0.15) is 18.4 Å². The van der Waals surface area contributed by atoms with Gasteiger partial charge in [-0.15, -0.1) is 0 Å². The number of piperidine rings is 1. The van der Waals surface area contributed by atoms with Gasteiger partial charge in [-0.3, -0.25) is 9.59 Å². The number of rotatable bonds is 3.